The largest absolute Gasteiger partial charge is 0.480 e. The number of nitrogens with two attached hydrogens (primary N) is 1. The number of halogens is 2. The summed E-state index contributed by atoms with van der Waals surface area (Å²) in [6, 6.07) is 9.20. The van der Waals surface area contributed by atoms with Crippen molar-refractivity contribution in [3.63, 3.8) is 0 Å². The van der Waals surface area contributed by atoms with Gasteiger partial charge in [0.2, 0.25) is 5.91 Å². The van der Waals surface area contributed by atoms with Crippen molar-refractivity contribution < 1.29 is 23.5 Å². The molecule has 0 heterocycles. The van der Waals surface area contributed by atoms with Crippen LogP contribution in [0.3, 0.4) is 0 Å². The Morgan fingerprint density at radius 3 is 2.33 bits per heavy atom. The van der Waals surface area contributed by atoms with Gasteiger partial charge in [-0.1, -0.05) is 36.4 Å². The average Bonchev–Trinajstić information content (AvgIpc) is 2.57. The third-order valence-corrected chi connectivity index (χ3v) is 3.48. The second-order valence-electron chi connectivity index (χ2n) is 5.24. The molecule has 0 radical (unpaired) electrons. The molecule has 2 aromatic rings. The third kappa shape index (κ3) is 4.36. The van der Waals surface area contributed by atoms with Crippen molar-refractivity contribution in [2.75, 3.05) is 0 Å². The van der Waals surface area contributed by atoms with Gasteiger partial charge in [0, 0.05) is 6.42 Å². The Balaban J connectivity index is 2.09. The van der Waals surface area contributed by atoms with Crippen molar-refractivity contribution in [3.05, 3.63) is 71.3 Å². The van der Waals surface area contributed by atoms with Crippen LogP contribution in [-0.2, 0) is 16.0 Å². The molecule has 0 saturated carbocycles. The summed E-state index contributed by atoms with van der Waals surface area (Å²) < 4.78 is 26.1. The molecule has 5 nitrogen and oxygen atoms in total. The Bertz CT molecular complexity index is 738. The van der Waals surface area contributed by atoms with Crippen molar-refractivity contribution in [3.8, 4) is 0 Å². The van der Waals surface area contributed by atoms with Gasteiger partial charge in [-0.25, -0.2) is 13.6 Å². The molecule has 0 fully saturated rings. The van der Waals surface area contributed by atoms with Crippen LogP contribution >= 0.6 is 0 Å². The predicted octanol–water partition coefficient (Wildman–Crippen LogP) is 1.78. The number of carbonyl (C=O) groups is 2. The molecule has 0 aliphatic carbocycles. The molecule has 126 valence electrons. The molecule has 0 bridgehead atoms. The third-order valence-electron chi connectivity index (χ3n) is 3.48. The van der Waals surface area contributed by atoms with Crippen LogP contribution in [0.5, 0.6) is 0 Å². The summed E-state index contributed by atoms with van der Waals surface area (Å²) in [5.41, 5.74) is 6.59. The highest BCUT2D eigenvalue weighted by Crippen LogP contribution is 2.13. The molecule has 7 heteroatoms. The quantitative estimate of drug-likeness (QED) is 0.751. The van der Waals surface area contributed by atoms with Gasteiger partial charge in [0.05, 0.1) is 0 Å². The molecule has 24 heavy (non-hydrogen) atoms. The van der Waals surface area contributed by atoms with E-state index in [4.69, 9.17) is 5.73 Å². The van der Waals surface area contributed by atoms with Gasteiger partial charge in [0.1, 0.15) is 12.1 Å². The topological polar surface area (TPSA) is 92.4 Å². The van der Waals surface area contributed by atoms with E-state index in [1.807, 2.05) is 0 Å². The average molecular weight is 334 g/mol. The first-order chi connectivity index (χ1) is 11.4. The number of carboxylic acids is 1. The lowest BCUT2D eigenvalue weighted by Gasteiger charge is -2.18. The minimum absolute atomic E-state index is 0.195. The van der Waals surface area contributed by atoms with E-state index in [0.717, 1.165) is 12.1 Å². The zero-order chi connectivity index (χ0) is 17.7. The van der Waals surface area contributed by atoms with Gasteiger partial charge in [0.15, 0.2) is 11.6 Å². The highest BCUT2D eigenvalue weighted by molar-refractivity contribution is 5.87. The fourth-order valence-electron chi connectivity index (χ4n) is 2.18. The van der Waals surface area contributed by atoms with E-state index in [-0.39, 0.29) is 12.0 Å². The molecular formula is C17H16F2N2O3. The van der Waals surface area contributed by atoms with Crippen molar-refractivity contribution in [2.24, 2.45) is 5.73 Å². The molecule has 2 rings (SSSR count). The molecule has 0 aliphatic heterocycles. The number of hydrogen-bond acceptors (Lipinski definition) is 3. The molecule has 0 aromatic heterocycles. The Hall–Kier alpha value is -2.80. The Morgan fingerprint density at radius 1 is 1.08 bits per heavy atom. The number of rotatable bonds is 6. The van der Waals surface area contributed by atoms with Crippen LogP contribution in [-0.4, -0.2) is 23.0 Å². The molecule has 1 amide bonds. The second-order valence-corrected chi connectivity index (χ2v) is 5.24. The van der Waals surface area contributed by atoms with Crippen LogP contribution in [0.4, 0.5) is 8.78 Å². The van der Waals surface area contributed by atoms with Gasteiger partial charge < -0.3 is 16.2 Å². The van der Waals surface area contributed by atoms with E-state index in [2.05, 4.69) is 5.32 Å². The minimum atomic E-state index is -1.31. The number of nitrogens with one attached hydrogen (secondary N) is 1. The number of benzene rings is 2. The summed E-state index contributed by atoms with van der Waals surface area (Å²) in [6.45, 7) is 0. The monoisotopic (exact) mass is 334 g/mol. The molecule has 4 N–H and O–H groups in total. The van der Waals surface area contributed by atoms with Crippen LogP contribution in [0.25, 0.3) is 0 Å². The molecule has 0 saturated heterocycles. The predicted molar refractivity (Wildman–Crippen MR) is 83.0 cm³/mol. The maximum Gasteiger partial charge on any atom is 0.326 e. The van der Waals surface area contributed by atoms with E-state index in [9.17, 15) is 23.5 Å². The molecule has 0 aliphatic rings. The highest BCUT2D eigenvalue weighted by atomic mass is 19.2. The SMILES string of the molecule is N[C@H](C(=O)NC(Cc1ccc(F)c(F)c1)C(=O)O)c1ccccc1. The fraction of sp³-hybridized carbons (Fsp3) is 0.176. The minimum Gasteiger partial charge on any atom is -0.480 e. The highest BCUT2D eigenvalue weighted by Gasteiger charge is 2.24. The van der Waals surface area contributed by atoms with Crippen LogP contribution in [0.15, 0.2) is 48.5 Å². The number of aliphatic carboxylic acids is 1. The fourth-order valence-corrected chi connectivity index (χ4v) is 2.18. The lowest BCUT2D eigenvalue weighted by Crippen LogP contribution is -2.46. The zero-order valence-corrected chi connectivity index (χ0v) is 12.6. The standard InChI is InChI=1S/C17H16F2N2O3/c18-12-7-6-10(8-13(12)19)9-14(17(23)24)21-16(22)15(20)11-4-2-1-3-5-11/h1-8,14-15H,9,20H2,(H,21,22)(H,23,24)/t14?,15-/m0/s1. The van der Waals surface area contributed by atoms with E-state index in [1.165, 1.54) is 6.07 Å². The molecule has 2 atom stereocenters. The Kier molecular flexibility index (Phi) is 5.59. The van der Waals surface area contributed by atoms with E-state index in [0.29, 0.717) is 5.56 Å². The molecule has 1 unspecified atom stereocenters. The molecular weight excluding hydrogens is 318 g/mol. The lowest BCUT2D eigenvalue weighted by molar-refractivity contribution is -0.142. The van der Waals surface area contributed by atoms with Gasteiger partial charge in [-0.2, -0.15) is 0 Å². The first kappa shape index (κ1) is 17.6. The maximum atomic E-state index is 13.2. The van der Waals surface area contributed by atoms with Crippen LogP contribution in [0, 0.1) is 11.6 Å². The summed E-state index contributed by atoms with van der Waals surface area (Å²) in [6.07, 6.45) is -0.195. The van der Waals surface area contributed by atoms with E-state index >= 15 is 0 Å². The number of hydrogen-bond donors (Lipinski definition) is 3. The molecule has 2 aromatic carbocycles. The number of carbonyl (C=O) groups excluding carboxylic acids is 1. The summed E-state index contributed by atoms with van der Waals surface area (Å²) in [5, 5.41) is 11.6. The van der Waals surface area contributed by atoms with Gasteiger partial charge in [-0.05, 0) is 23.3 Å². The normalized spacial score (nSPS) is 13.1. The van der Waals surface area contributed by atoms with Crippen molar-refractivity contribution in [2.45, 2.75) is 18.5 Å². The van der Waals surface area contributed by atoms with E-state index < -0.39 is 35.6 Å². The summed E-state index contributed by atoms with van der Waals surface area (Å²) in [7, 11) is 0. The van der Waals surface area contributed by atoms with Gasteiger partial charge in [-0.15, -0.1) is 0 Å². The maximum absolute atomic E-state index is 13.2. The number of carboxylic acid groups (broad SMARTS) is 1. The summed E-state index contributed by atoms with van der Waals surface area (Å²) in [4.78, 5) is 23.5. The van der Waals surface area contributed by atoms with Crippen LogP contribution in [0.1, 0.15) is 17.2 Å². The molecule has 0 spiro atoms. The first-order valence-corrected chi connectivity index (χ1v) is 7.16. The second kappa shape index (κ2) is 7.65. The Morgan fingerprint density at radius 2 is 1.75 bits per heavy atom. The number of amides is 1. The smallest absolute Gasteiger partial charge is 0.326 e. The van der Waals surface area contributed by atoms with Gasteiger partial charge >= 0.3 is 5.97 Å². The van der Waals surface area contributed by atoms with Gasteiger partial charge in [0.25, 0.3) is 0 Å². The van der Waals surface area contributed by atoms with Crippen molar-refractivity contribution in [1.82, 2.24) is 5.32 Å². The van der Waals surface area contributed by atoms with E-state index in [1.54, 1.807) is 30.3 Å². The zero-order valence-electron chi connectivity index (χ0n) is 12.6. The summed E-state index contributed by atoms with van der Waals surface area (Å²) >= 11 is 0. The van der Waals surface area contributed by atoms with Crippen LogP contribution < -0.4 is 11.1 Å². The van der Waals surface area contributed by atoms with Crippen LogP contribution in [0.2, 0.25) is 0 Å². The summed E-state index contributed by atoms with van der Waals surface area (Å²) in [5.74, 6) is -4.07. The van der Waals surface area contributed by atoms with Crippen molar-refractivity contribution in [1.29, 1.82) is 0 Å². The van der Waals surface area contributed by atoms with Gasteiger partial charge in [-0.3, -0.25) is 4.79 Å². The van der Waals surface area contributed by atoms with Crippen molar-refractivity contribution >= 4 is 11.9 Å². The Labute approximate surface area is 137 Å². The first-order valence-electron chi connectivity index (χ1n) is 7.16. The lowest BCUT2D eigenvalue weighted by atomic mass is 10.0.